The lowest BCUT2D eigenvalue weighted by molar-refractivity contribution is 0.246. The molecule has 2 rings (SSSR count). The molecular formula is C14H30O3P2. The molecule has 0 aromatic rings. The van der Waals surface area contributed by atoms with Crippen molar-refractivity contribution in [2.75, 3.05) is 24.6 Å². The van der Waals surface area contributed by atoms with Crippen LogP contribution in [0.25, 0.3) is 0 Å². The third-order valence-electron chi connectivity index (χ3n) is 3.91. The minimum atomic E-state index is -2.13. The molecule has 0 N–H and O–H groups in total. The third kappa shape index (κ3) is 5.74. The number of hydrogen-bond donors (Lipinski definition) is 0. The maximum absolute atomic E-state index is 11.7. The van der Waals surface area contributed by atoms with Crippen LogP contribution in [0.1, 0.15) is 53.4 Å². The number of rotatable bonds is 3. The van der Waals surface area contributed by atoms with Crippen LogP contribution in [0.4, 0.5) is 0 Å². The number of hydrogen-bond acceptors (Lipinski definition) is 3. The molecule has 0 aromatic carbocycles. The van der Waals surface area contributed by atoms with Gasteiger partial charge in [0.25, 0.3) is 0 Å². The molecule has 5 heteroatoms. The molecular weight excluding hydrogens is 278 g/mol. The Bertz CT molecular complexity index is 344. The van der Waals surface area contributed by atoms with E-state index in [1.54, 1.807) is 0 Å². The van der Waals surface area contributed by atoms with Gasteiger partial charge in [-0.05, 0) is 39.5 Å². The molecule has 2 saturated heterocycles. The molecule has 0 saturated carbocycles. The lowest BCUT2D eigenvalue weighted by Crippen LogP contribution is -2.01. The summed E-state index contributed by atoms with van der Waals surface area (Å²) in [5, 5.41) is 0. The van der Waals surface area contributed by atoms with Crippen LogP contribution in [0, 0.1) is 0 Å². The minimum Gasteiger partial charge on any atom is -0.326 e. The first-order valence-electron chi connectivity index (χ1n) is 7.62. The van der Waals surface area contributed by atoms with Crippen LogP contribution < -0.4 is 0 Å². The van der Waals surface area contributed by atoms with Crippen LogP contribution in [0.15, 0.2) is 0 Å². The Morgan fingerprint density at radius 1 is 0.789 bits per heavy atom. The molecule has 3 nitrogen and oxygen atoms in total. The van der Waals surface area contributed by atoms with Crippen molar-refractivity contribution >= 4 is 14.5 Å². The summed E-state index contributed by atoms with van der Waals surface area (Å²) < 4.78 is 28.7. The lowest BCUT2D eigenvalue weighted by atomic mass is 10.4. The summed E-state index contributed by atoms with van der Waals surface area (Å²) >= 11 is 0. The van der Waals surface area contributed by atoms with Gasteiger partial charge in [0.15, 0.2) is 0 Å². The molecule has 0 aromatic heterocycles. The average Bonchev–Trinajstić information content (AvgIpc) is 2.88. The van der Waals surface area contributed by atoms with Crippen molar-refractivity contribution in [3.63, 3.8) is 0 Å². The molecule has 2 heterocycles. The first-order chi connectivity index (χ1) is 8.77. The zero-order valence-electron chi connectivity index (χ0n) is 12.9. The molecule has 0 unspecified atom stereocenters. The van der Waals surface area contributed by atoms with Crippen LogP contribution >= 0.6 is 14.5 Å². The van der Waals surface area contributed by atoms with E-state index in [9.17, 15) is 9.13 Å². The molecule has 0 amide bonds. The second-order valence-corrected chi connectivity index (χ2v) is 12.9. The highest BCUT2D eigenvalue weighted by atomic mass is 31.2. The standard InChI is InChI=1S/C7H15O2P.C7H15OP/c1-7(2)9-10(8)5-3-4-6-10;1-7(2)9(8)5-3-4-6-9/h7H,3-6H2,1-2H3;7H,3-6H2,1-2H3. The smallest absolute Gasteiger partial charge is 0.203 e. The summed E-state index contributed by atoms with van der Waals surface area (Å²) in [6, 6.07) is 0. The predicted octanol–water partition coefficient (Wildman–Crippen LogP) is 5.04. The molecule has 114 valence electrons. The van der Waals surface area contributed by atoms with E-state index >= 15 is 0 Å². The van der Waals surface area contributed by atoms with Crippen molar-refractivity contribution in [3.8, 4) is 0 Å². The first kappa shape index (κ1) is 17.5. The highest BCUT2D eigenvalue weighted by Gasteiger charge is 2.29. The second kappa shape index (κ2) is 7.43. The quantitative estimate of drug-likeness (QED) is 0.686. The maximum Gasteiger partial charge on any atom is 0.203 e. The fourth-order valence-corrected chi connectivity index (χ4v) is 8.08. The SMILES string of the molecule is CC(C)OP1(=O)CCCC1.CC(C)P1(=O)CCCC1. The Labute approximate surface area is 118 Å². The molecule has 2 aliphatic rings. The minimum absolute atomic E-state index is 0.129. The molecule has 2 fully saturated rings. The fourth-order valence-electron chi connectivity index (χ4n) is 2.69. The zero-order valence-corrected chi connectivity index (χ0v) is 14.7. The van der Waals surface area contributed by atoms with E-state index in [-0.39, 0.29) is 6.10 Å². The molecule has 2 aliphatic heterocycles. The van der Waals surface area contributed by atoms with E-state index in [4.69, 9.17) is 4.52 Å². The van der Waals surface area contributed by atoms with Crippen molar-refractivity contribution in [2.24, 2.45) is 0 Å². The molecule has 0 aliphatic carbocycles. The molecule has 19 heavy (non-hydrogen) atoms. The maximum atomic E-state index is 11.7. The van der Waals surface area contributed by atoms with Gasteiger partial charge in [-0.3, -0.25) is 4.57 Å². The molecule has 0 bridgehead atoms. The largest absolute Gasteiger partial charge is 0.326 e. The molecule has 0 atom stereocenters. The van der Waals surface area contributed by atoms with E-state index in [2.05, 4.69) is 13.8 Å². The highest BCUT2D eigenvalue weighted by molar-refractivity contribution is 7.64. The normalized spacial score (nSPS) is 24.5. The fraction of sp³-hybridized carbons (Fsp3) is 1.00. The summed E-state index contributed by atoms with van der Waals surface area (Å²) in [5.74, 6) is 0. The van der Waals surface area contributed by atoms with Gasteiger partial charge >= 0.3 is 0 Å². The van der Waals surface area contributed by atoms with Crippen molar-refractivity contribution in [3.05, 3.63) is 0 Å². The Morgan fingerprint density at radius 3 is 1.53 bits per heavy atom. The summed E-state index contributed by atoms with van der Waals surface area (Å²) in [5.41, 5.74) is 0.444. The molecule has 0 spiro atoms. The van der Waals surface area contributed by atoms with Gasteiger partial charge in [0, 0.05) is 30.3 Å². The van der Waals surface area contributed by atoms with Gasteiger partial charge in [-0.15, -0.1) is 0 Å². The highest BCUT2D eigenvalue weighted by Crippen LogP contribution is 2.55. The average molecular weight is 308 g/mol. The second-order valence-electron chi connectivity index (χ2n) is 6.32. The Balaban J connectivity index is 0.000000191. The van der Waals surface area contributed by atoms with Gasteiger partial charge in [0.1, 0.15) is 0 Å². The predicted molar refractivity (Wildman–Crippen MR) is 84.5 cm³/mol. The Kier molecular flexibility index (Phi) is 6.84. The summed E-state index contributed by atoms with van der Waals surface area (Å²) in [4.78, 5) is 0. The topological polar surface area (TPSA) is 43.4 Å². The van der Waals surface area contributed by atoms with E-state index in [1.165, 1.54) is 12.8 Å². The lowest BCUT2D eigenvalue weighted by Gasteiger charge is -2.14. The van der Waals surface area contributed by atoms with Gasteiger partial charge in [-0.2, -0.15) is 0 Å². The van der Waals surface area contributed by atoms with Crippen molar-refractivity contribution in [1.82, 2.24) is 0 Å². The van der Waals surface area contributed by atoms with E-state index in [0.29, 0.717) is 5.66 Å². The van der Waals surface area contributed by atoms with Gasteiger partial charge < -0.3 is 9.09 Å². The van der Waals surface area contributed by atoms with Crippen molar-refractivity contribution < 1.29 is 13.7 Å². The summed E-state index contributed by atoms with van der Waals surface area (Å²) in [7, 11) is -3.77. The molecule has 0 radical (unpaired) electrons. The van der Waals surface area contributed by atoms with Crippen LogP contribution in [0.2, 0.25) is 0 Å². The van der Waals surface area contributed by atoms with Gasteiger partial charge in [0.05, 0.1) is 13.2 Å². The third-order valence-corrected chi connectivity index (χ3v) is 10.7. The first-order valence-corrected chi connectivity index (χ1v) is 11.8. The van der Waals surface area contributed by atoms with Crippen LogP contribution in [0.5, 0.6) is 0 Å². The van der Waals surface area contributed by atoms with Gasteiger partial charge in [-0.25, -0.2) is 0 Å². The van der Waals surface area contributed by atoms with E-state index in [1.807, 2.05) is 13.8 Å². The van der Waals surface area contributed by atoms with Crippen LogP contribution in [0.3, 0.4) is 0 Å². The van der Waals surface area contributed by atoms with E-state index < -0.39 is 14.5 Å². The summed E-state index contributed by atoms with van der Waals surface area (Å²) in [6.45, 7) is 8.06. The Morgan fingerprint density at radius 2 is 1.21 bits per heavy atom. The van der Waals surface area contributed by atoms with Crippen LogP contribution in [-0.2, 0) is 13.7 Å². The van der Waals surface area contributed by atoms with Gasteiger partial charge in [-0.1, -0.05) is 13.8 Å². The van der Waals surface area contributed by atoms with Crippen molar-refractivity contribution in [1.29, 1.82) is 0 Å². The zero-order chi connectivity index (χ0) is 14.5. The monoisotopic (exact) mass is 308 g/mol. The van der Waals surface area contributed by atoms with Gasteiger partial charge in [0.2, 0.25) is 7.37 Å². The van der Waals surface area contributed by atoms with Crippen LogP contribution in [-0.4, -0.2) is 36.4 Å². The summed E-state index contributed by atoms with van der Waals surface area (Å²) in [6.07, 6.45) is 8.37. The Hall–Kier alpha value is 0.420. The van der Waals surface area contributed by atoms with E-state index in [0.717, 1.165) is 37.5 Å². The van der Waals surface area contributed by atoms with Crippen molar-refractivity contribution in [2.45, 2.75) is 65.1 Å².